The van der Waals surface area contributed by atoms with Crippen LogP contribution >= 0.6 is 0 Å². The molecule has 0 amide bonds. The Balaban J connectivity index is 3.61. The van der Waals surface area contributed by atoms with Crippen molar-refractivity contribution in [2.24, 2.45) is 0 Å². The number of rotatable bonds is 5. The van der Waals surface area contributed by atoms with Gasteiger partial charge in [0, 0.05) is 13.5 Å². The summed E-state index contributed by atoms with van der Waals surface area (Å²) in [6.07, 6.45) is 6.64. The maximum Gasteiger partial charge on any atom is 0.0827 e. The number of ether oxygens (including phenoxy) is 1. The van der Waals surface area contributed by atoms with Crippen LogP contribution in [0.1, 0.15) is 26.2 Å². The van der Waals surface area contributed by atoms with Crippen LogP contribution in [0, 0.1) is 12.3 Å². The van der Waals surface area contributed by atoms with Crippen molar-refractivity contribution < 1.29 is 9.84 Å². The third-order valence-electron chi connectivity index (χ3n) is 1.72. The highest BCUT2D eigenvalue weighted by atomic mass is 16.5. The van der Waals surface area contributed by atoms with E-state index in [2.05, 4.69) is 5.92 Å². The molecule has 0 fully saturated rings. The van der Waals surface area contributed by atoms with Gasteiger partial charge >= 0.3 is 0 Å². The van der Waals surface area contributed by atoms with Crippen molar-refractivity contribution >= 4 is 0 Å². The molecular weight excluding hydrogens is 140 g/mol. The molecule has 0 aliphatic carbocycles. The minimum Gasteiger partial charge on any atom is -0.390 e. The minimum absolute atomic E-state index is 0.0663. The highest BCUT2D eigenvalue weighted by molar-refractivity contribution is 4.85. The van der Waals surface area contributed by atoms with Gasteiger partial charge in [0.25, 0.3) is 0 Å². The SMILES string of the molecule is C#CCCC(O)C(CC)OC. The van der Waals surface area contributed by atoms with E-state index in [9.17, 15) is 5.11 Å². The molecule has 0 aromatic heterocycles. The first-order valence-corrected chi connectivity index (χ1v) is 3.90. The molecule has 0 heterocycles. The number of hydrogen-bond donors (Lipinski definition) is 1. The van der Waals surface area contributed by atoms with Crippen LogP contribution in [0.5, 0.6) is 0 Å². The van der Waals surface area contributed by atoms with E-state index < -0.39 is 6.10 Å². The lowest BCUT2D eigenvalue weighted by atomic mass is 10.1. The molecule has 0 saturated carbocycles. The maximum absolute atomic E-state index is 9.42. The van der Waals surface area contributed by atoms with Crippen LogP contribution in [-0.2, 0) is 4.74 Å². The topological polar surface area (TPSA) is 29.5 Å². The lowest BCUT2D eigenvalue weighted by Gasteiger charge is -2.18. The molecule has 0 aliphatic rings. The molecule has 2 heteroatoms. The predicted octanol–water partition coefficient (Wildman–Crippen LogP) is 1.19. The van der Waals surface area contributed by atoms with Gasteiger partial charge in [0.2, 0.25) is 0 Å². The summed E-state index contributed by atoms with van der Waals surface area (Å²) in [4.78, 5) is 0. The number of aliphatic hydroxyl groups excluding tert-OH is 1. The van der Waals surface area contributed by atoms with Crippen molar-refractivity contribution in [1.29, 1.82) is 0 Å². The van der Waals surface area contributed by atoms with E-state index in [1.165, 1.54) is 0 Å². The summed E-state index contributed by atoms with van der Waals surface area (Å²) >= 11 is 0. The van der Waals surface area contributed by atoms with Crippen LogP contribution in [0.4, 0.5) is 0 Å². The Kier molecular flexibility index (Phi) is 5.91. The highest BCUT2D eigenvalue weighted by Gasteiger charge is 2.14. The number of methoxy groups -OCH3 is 1. The normalized spacial score (nSPS) is 15.5. The van der Waals surface area contributed by atoms with Crippen LogP contribution in [0.15, 0.2) is 0 Å². The van der Waals surface area contributed by atoms with Gasteiger partial charge in [-0.25, -0.2) is 0 Å². The second-order valence-corrected chi connectivity index (χ2v) is 2.49. The number of aliphatic hydroxyl groups is 1. The quantitative estimate of drug-likeness (QED) is 0.606. The molecule has 0 rings (SSSR count). The van der Waals surface area contributed by atoms with Crippen molar-refractivity contribution in [3.8, 4) is 12.3 Å². The summed E-state index contributed by atoms with van der Waals surface area (Å²) in [5.74, 6) is 2.49. The zero-order valence-corrected chi connectivity index (χ0v) is 7.21. The molecule has 0 aliphatic heterocycles. The smallest absolute Gasteiger partial charge is 0.0827 e. The summed E-state index contributed by atoms with van der Waals surface area (Å²) < 4.78 is 5.04. The summed E-state index contributed by atoms with van der Waals surface area (Å²) in [7, 11) is 1.60. The van der Waals surface area contributed by atoms with Crippen LogP contribution in [0.2, 0.25) is 0 Å². The molecule has 2 unspecified atom stereocenters. The van der Waals surface area contributed by atoms with Crippen molar-refractivity contribution in [2.75, 3.05) is 7.11 Å². The van der Waals surface area contributed by atoms with Gasteiger partial charge in [-0.3, -0.25) is 0 Å². The highest BCUT2D eigenvalue weighted by Crippen LogP contribution is 2.08. The zero-order valence-electron chi connectivity index (χ0n) is 7.21. The fraction of sp³-hybridized carbons (Fsp3) is 0.778. The molecule has 2 atom stereocenters. The van der Waals surface area contributed by atoms with Crippen LogP contribution < -0.4 is 0 Å². The summed E-state index contributed by atoms with van der Waals surface area (Å²) in [5.41, 5.74) is 0. The van der Waals surface area contributed by atoms with E-state index in [-0.39, 0.29) is 6.10 Å². The molecule has 0 radical (unpaired) electrons. The first-order valence-electron chi connectivity index (χ1n) is 3.90. The van der Waals surface area contributed by atoms with Crippen molar-refractivity contribution in [3.63, 3.8) is 0 Å². The van der Waals surface area contributed by atoms with Crippen LogP contribution in [0.3, 0.4) is 0 Å². The Morgan fingerprint density at radius 3 is 2.64 bits per heavy atom. The largest absolute Gasteiger partial charge is 0.390 e. The van der Waals surface area contributed by atoms with Gasteiger partial charge < -0.3 is 9.84 Å². The van der Waals surface area contributed by atoms with Crippen molar-refractivity contribution in [3.05, 3.63) is 0 Å². The lowest BCUT2D eigenvalue weighted by Crippen LogP contribution is -2.26. The van der Waals surface area contributed by atoms with Crippen LogP contribution in [0.25, 0.3) is 0 Å². The molecule has 0 saturated heterocycles. The maximum atomic E-state index is 9.42. The second-order valence-electron chi connectivity index (χ2n) is 2.49. The third-order valence-corrected chi connectivity index (χ3v) is 1.72. The molecule has 0 aromatic rings. The van der Waals surface area contributed by atoms with E-state index in [4.69, 9.17) is 11.2 Å². The Morgan fingerprint density at radius 1 is 1.64 bits per heavy atom. The monoisotopic (exact) mass is 156 g/mol. The predicted molar refractivity (Wildman–Crippen MR) is 45.2 cm³/mol. The van der Waals surface area contributed by atoms with Crippen molar-refractivity contribution in [2.45, 2.75) is 38.4 Å². The van der Waals surface area contributed by atoms with Gasteiger partial charge in [-0.05, 0) is 12.8 Å². The van der Waals surface area contributed by atoms with Gasteiger partial charge in [-0.15, -0.1) is 12.3 Å². The average Bonchev–Trinajstić information content (AvgIpc) is 2.03. The fourth-order valence-corrected chi connectivity index (χ4v) is 1.01. The number of terminal acetylenes is 1. The van der Waals surface area contributed by atoms with E-state index in [0.29, 0.717) is 12.8 Å². The zero-order chi connectivity index (χ0) is 8.69. The summed E-state index contributed by atoms with van der Waals surface area (Å²) in [5, 5.41) is 9.42. The lowest BCUT2D eigenvalue weighted by molar-refractivity contribution is -0.0163. The molecule has 11 heavy (non-hydrogen) atoms. The Labute approximate surface area is 68.6 Å². The first-order chi connectivity index (χ1) is 5.26. The van der Waals surface area contributed by atoms with E-state index >= 15 is 0 Å². The van der Waals surface area contributed by atoms with E-state index in [0.717, 1.165) is 6.42 Å². The first kappa shape index (κ1) is 10.5. The molecule has 0 bridgehead atoms. The summed E-state index contributed by atoms with van der Waals surface area (Å²) in [6, 6.07) is 0. The van der Waals surface area contributed by atoms with E-state index in [1.54, 1.807) is 7.11 Å². The summed E-state index contributed by atoms with van der Waals surface area (Å²) in [6.45, 7) is 1.98. The second kappa shape index (κ2) is 6.21. The Morgan fingerprint density at radius 2 is 2.27 bits per heavy atom. The molecule has 1 N–H and O–H groups in total. The fourth-order valence-electron chi connectivity index (χ4n) is 1.01. The molecule has 0 spiro atoms. The molecule has 0 aromatic carbocycles. The number of hydrogen-bond acceptors (Lipinski definition) is 2. The third kappa shape index (κ3) is 4.02. The van der Waals surface area contributed by atoms with Crippen LogP contribution in [-0.4, -0.2) is 24.4 Å². The Hall–Kier alpha value is -0.520. The van der Waals surface area contributed by atoms with Gasteiger partial charge in [0.15, 0.2) is 0 Å². The van der Waals surface area contributed by atoms with Gasteiger partial charge in [0.05, 0.1) is 12.2 Å². The Bertz CT molecular complexity index is 122. The van der Waals surface area contributed by atoms with Gasteiger partial charge in [-0.2, -0.15) is 0 Å². The molecular formula is C9H16O2. The standard InChI is InChI=1S/C9H16O2/c1-4-6-7-8(10)9(5-2)11-3/h1,8-10H,5-7H2,2-3H3. The molecule has 2 nitrogen and oxygen atoms in total. The van der Waals surface area contributed by atoms with Gasteiger partial charge in [0.1, 0.15) is 0 Å². The average molecular weight is 156 g/mol. The van der Waals surface area contributed by atoms with Gasteiger partial charge in [-0.1, -0.05) is 6.92 Å². The van der Waals surface area contributed by atoms with E-state index in [1.807, 2.05) is 6.92 Å². The minimum atomic E-state index is -0.416. The van der Waals surface area contributed by atoms with Crippen molar-refractivity contribution in [1.82, 2.24) is 0 Å². The molecule has 64 valence electrons.